The van der Waals surface area contributed by atoms with Gasteiger partial charge in [-0.05, 0) is 82.4 Å². The Bertz CT molecular complexity index is 1410. The molecular weight excluding hydrogens is 586 g/mol. The maximum Gasteiger partial charge on any atom is 0.203 e. The number of nitrogens with one attached hydrogen (secondary N) is 1. The number of methoxy groups -OCH3 is 5. The van der Waals surface area contributed by atoms with E-state index in [1.54, 1.807) is 40.7 Å². The lowest BCUT2D eigenvalue weighted by atomic mass is 10.0. The number of allylic oxidation sites excluding steroid dienone is 1. The molecule has 0 bridgehead atoms. The molecular formula is C30H31BrClNO6. The second kappa shape index (κ2) is 13.4. The van der Waals surface area contributed by atoms with E-state index in [0.29, 0.717) is 49.5 Å². The highest BCUT2D eigenvalue weighted by Gasteiger charge is 2.17. The number of carbonyl (C=O) groups excluding carboxylic acids is 1. The molecule has 39 heavy (non-hydrogen) atoms. The highest BCUT2D eigenvalue weighted by Crippen LogP contribution is 2.39. The predicted molar refractivity (Wildman–Crippen MR) is 160 cm³/mol. The molecule has 0 atom stereocenters. The maximum atomic E-state index is 13.0. The molecule has 3 aromatic rings. The van der Waals surface area contributed by atoms with Crippen LogP contribution in [0.3, 0.4) is 0 Å². The Morgan fingerprint density at radius 1 is 0.795 bits per heavy atom. The van der Waals surface area contributed by atoms with Gasteiger partial charge >= 0.3 is 0 Å². The second-order valence-corrected chi connectivity index (χ2v) is 9.63. The van der Waals surface area contributed by atoms with Gasteiger partial charge in [0.05, 0.1) is 50.7 Å². The van der Waals surface area contributed by atoms with Crippen LogP contribution in [0.2, 0.25) is 5.02 Å². The van der Waals surface area contributed by atoms with Crippen molar-refractivity contribution in [2.75, 3.05) is 40.9 Å². The third kappa shape index (κ3) is 6.69. The fourth-order valence-electron chi connectivity index (χ4n) is 3.99. The summed E-state index contributed by atoms with van der Waals surface area (Å²) in [6, 6.07) is 9.17. The van der Waals surface area contributed by atoms with Gasteiger partial charge in [-0.3, -0.25) is 4.79 Å². The van der Waals surface area contributed by atoms with Gasteiger partial charge in [-0.25, -0.2) is 0 Å². The first-order valence-corrected chi connectivity index (χ1v) is 13.0. The van der Waals surface area contributed by atoms with E-state index in [2.05, 4.69) is 21.2 Å². The van der Waals surface area contributed by atoms with Crippen molar-refractivity contribution in [3.8, 4) is 28.7 Å². The van der Waals surface area contributed by atoms with E-state index < -0.39 is 0 Å². The molecule has 0 fully saturated rings. The molecule has 0 spiro atoms. The number of rotatable bonds is 11. The number of carbonyl (C=O) groups is 1. The van der Waals surface area contributed by atoms with Crippen LogP contribution in [0.15, 0.2) is 47.1 Å². The average Bonchev–Trinajstić information content (AvgIpc) is 2.93. The van der Waals surface area contributed by atoms with E-state index in [4.69, 9.17) is 35.3 Å². The Morgan fingerprint density at radius 3 is 1.90 bits per heavy atom. The van der Waals surface area contributed by atoms with E-state index in [1.165, 1.54) is 13.2 Å². The van der Waals surface area contributed by atoms with Crippen LogP contribution in [0.4, 0.5) is 5.69 Å². The maximum absolute atomic E-state index is 13.0. The van der Waals surface area contributed by atoms with Crippen molar-refractivity contribution < 1.29 is 28.5 Å². The summed E-state index contributed by atoms with van der Waals surface area (Å²) in [5.41, 5.74) is 4.67. The van der Waals surface area contributed by atoms with E-state index in [1.807, 2.05) is 50.3 Å². The van der Waals surface area contributed by atoms with Gasteiger partial charge in [-0.2, -0.15) is 0 Å². The third-order valence-corrected chi connectivity index (χ3v) is 7.17. The molecule has 7 nitrogen and oxygen atoms in total. The number of hydrogen-bond acceptors (Lipinski definition) is 7. The van der Waals surface area contributed by atoms with Gasteiger partial charge in [-0.1, -0.05) is 23.8 Å². The predicted octanol–water partition coefficient (Wildman–Crippen LogP) is 7.74. The summed E-state index contributed by atoms with van der Waals surface area (Å²) in [5, 5.41) is 3.53. The Balaban J connectivity index is 1.89. The van der Waals surface area contributed by atoms with Crippen molar-refractivity contribution in [2.45, 2.75) is 13.8 Å². The van der Waals surface area contributed by atoms with Crippen molar-refractivity contribution in [1.82, 2.24) is 0 Å². The molecule has 9 heteroatoms. The summed E-state index contributed by atoms with van der Waals surface area (Å²) >= 11 is 10.0. The molecule has 0 radical (unpaired) electrons. The Kier molecular flexibility index (Phi) is 10.3. The molecule has 0 unspecified atom stereocenters. The molecule has 0 aliphatic rings. The number of aryl methyl sites for hydroxylation is 1. The summed E-state index contributed by atoms with van der Waals surface area (Å²) < 4.78 is 27.8. The SMILES string of the molecule is COc1cc(/C=C\c2cc(Cl)c(OC)c(N/C=C\C(=O)c3cc(C)c(C)c(OC)c3Br)c2)cc(OC)c1OC. The Labute approximate surface area is 242 Å². The van der Waals surface area contributed by atoms with Crippen molar-refractivity contribution in [2.24, 2.45) is 0 Å². The smallest absolute Gasteiger partial charge is 0.203 e. The van der Waals surface area contributed by atoms with E-state index >= 15 is 0 Å². The minimum absolute atomic E-state index is 0.195. The topological polar surface area (TPSA) is 75.3 Å². The summed E-state index contributed by atoms with van der Waals surface area (Å²) in [6.07, 6.45) is 6.79. The zero-order valence-electron chi connectivity index (χ0n) is 22.9. The van der Waals surface area contributed by atoms with Crippen LogP contribution in [0.5, 0.6) is 28.7 Å². The molecule has 0 amide bonds. The summed E-state index contributed by atoms with van der Waals surface area (Å²) in [5.74, 6) is 2.51. The highest BCUT2D eigenvalue weighted by atomic mass is 79.9. The zero-order chi connectivity index (χ0) is 28.7. The fourth-order valence-corrected chi connectivity index (χ4v) is 5.06. The molecule has 0 saturated carbocycles. The molecule has 3 aromatic carbocycles. The standard InChI is InChI=1S/C30H31BrClNO6/c1-17-12-21(27(31)28(37-5)18(17)2)24(34)10-11-33-23-14-19(13-22(32)29(23)38-6)8-9-20-15-25(35-3)30(39-7)26(16-20)36-4/h8-16,33H,1-7H3/b9-8-,11-10-. The molecule has 206 valence electrons. The first-order valence-electron chi connectivity index (χ1n) is 11.9. The number of benzene rings is 3. The van der Waals surface area contributed by atoms with Crippen LogP contribution in [-0.4, -0.2) is 41.3 Å². The largest absolute Gasteiger partial charge is 0.495 e. The summed E-state index contributed by atoms with van der Waals surface area (Å²) in [4.78, 5) is 13.0. The molecule has 0 saturated heterocycles. The van der Waals surface area contributed by atoms with Crippen LogP contribution in [0.1, 0.15) is 32.6 Å². The van der Waals surface area contributed by atoms with Gasteiger partial charge < -0.3 is 29.0 Å². The van der Waals surface area contributed by atoms with Crippen molar-refractivity contribution in [3.05, 3.63) is 79.9 Å². The zero-order valence-corrected chi connectivity index (χ0v) is 25.2. The Morgan fingerprint density at radius 2 is 1.36 bits per heavy atom. The first kappa shape index (κ1) is 29.9. The van der Waals surface area contributed by atoms with Crippen LogP contribution in [0, 0.1) is 13.8 Å². The minimum atomic E-state index is -0.195. The van der Waals surface area contributed by atoms with Crippen molar-refractivity contribution in [3.63, 3.8) is 0 Å². The normalized spacial score (nSPS) is 11.1. The number of anilines is 1. The summed E-state index contributed by atoms with van der Waals surface area (Å²) in [7, 11) is 7.81. The molecule has 0 aliphatic carbocycles. The van der Waals surface area contributed by atoms with Crippen LogP contribution in [-0.2, 0) is 0 Å². The van der Waals surface area contributed by atoms with Crippen LogP contribution in [0.25, 0.3) is 12.2 Å². The highest BCUT2D eigenvalue weighted by molar-refractivity contribution is 9.10. The minimum Gasteiger partial charge on any atom is -0.495 e. The van der Waals surface area contributed by atoms with Crippen molar-refractivity contribution in [1.29, 1.82) is 0 Å². The Hall–Kier alpha value is -3.62. The van der Waals surface area contributed by atoms with E-state index in [-0.39, 0.29) is 5.78 Å². The summed E-state index contributed by atoms with van der Waals surface area (Å²) in [6.45, 7) is 3.89. The third-order valence-electron chi connectivity index (χ3n) is 6.10. The number of halogens is 2. The lowest BCUT2D eigenvalue weighted by molar-refractivity contribution is 0.104. The average molecular weight is 617 g/mol. The number of hydrogen-bond donors (Lipinski definition) is 1. The molecule has 3 rings (SSSR count). The van der Waals surface area contributed by atoms with Gasteiger partial charge in [-0.15, -0.1) is 0 Å². The molecule has 0 aromatic heterocycles. The van der Waals surface area contributed by atoms with Crippen LogP contribution >= 0.6 is 27.5 Å². The van der Waals surface area contributed by atoms with Gasteiger partial charge in [0.2, 0.25) is 5.75 Å². The molecule has 1 N–H and O–H groups in total. The van der Waals surface area contributed by atoms with E-state index in [0.717, 1.165) is 22.3 Å². The van der Waals surface area contributed by atoms with Crippen molar-refractivity contribution >= 4 is 51.2 Å². The lowest BCUT2D eigenvalue weighted by Crippen LogP contribution is -2.03. The van der Waals surface area contributed by atoms with Gasteiger partial charge in [0.1, 0.15) is 5.75 Å². The second-order valence-electron chi connectivity index (χ2n) is 8.43. The molecule has 0 heterocycles. The monoisotopic (exact) mass is 615 g/mol. The number of ketones is 1. The van der Waals surface area contributed by atoms with Gasteiger partial charge in [0.25, 0.3) is 0 Å². The van der Waals surface area contributed by atoms with Gasteiger partial charge in [0, 0.05) is 17.8 Å². The number of ether oxygens (including phenoxy) is 5. The molecule has 0 aliphatic heterocycles. The quantitative estimate of drug-likeness (QED) is 0.134. The lowest BCUT2D eigenvalue weighted by Gasteiger charge is -2.14. The first-order chi connectivity index (χ1) is 18.7. The van der Waals surface area contributed by atoms with Crippen LogP contribution < -0.4 is 29.0 Å². The van der Waals surface area contributed by atoms with Gasteiger partial charge in [0.15, 0.2) is 23.0 Å². The van der Waals surface area contributed by atoms with E-state index in [9.17, 15) is 4.79 Å². The fraction of sp³-hybridized carbons (Fsp3) is 0.233.